The van der Waals surface area contributed by atoms with Gasteiger partial charge in [0.05, 0.1) is 31.1 Å². The second kappa shape index (κ2) is 15.5. The number of halogens is 1. The smallest absolute Gasteiger partial charge is 0.330 e. The Hall–Kier alpha value is -4.49. The van der Waals surface area contributed by atoms with Crippen LogP contribution in [0.1, 0.15) is 38.9 Å². The zero-order valence-electron chi connectivity index (χ0n) is 29.5. The lowest BCUT2D eigenvalue weighted by molar-refractivity contribution is -0.143. The van der Waals surface area contributed by atoms with Crippen molar-refractivity contribution in [2.45, 2.75) is 72.6 Å². The maximum atomic E-state index is 14.1. The number of ether oxygens (including phenoxy) is 2. The number of likely N-dealkylation sites (tertiary alicyclic amines) is 1. The van der Waals surface area contributed by atoms with Crippen molar-refractivity contribution < 1.29 is 41.9 Å². The van der Waals surface area contributed by atoms with E-state index in [-0.39, 0.29) is 46.4 Å². The molecular formula is C36H41IN6O9S. The van der Waals surface area contributed by atoms with Gasteiger partial charge in [0.25, 0.3) is 0 Å². The highest BCUT2D eigenvalue weighted by molar-refractivity contribution is 14.1. The predicted octanol–water partition coefficient (Wildman–Crippen LogP) is 4.28. The number of aliphatic carboxylic acids is 1. The third-order valence-corrected chi connectivity index (χ3v) is 12.4. The fourth-order valence-electron chi connectivity index (χ4n) is 6.48. The number of rotatable bonds is 14. The van der Waals surface area contributed by atoms with E-state index >= 15 is 0 Å². The van der Waals surface area contributed by atoms with Gasteiger partial charge in [-0.1, -0.05) is 71.9 Å². The molecule has 0 radical (unpaired) electrons. The van der Waals surface area contributed by atoms with E-state index in [0.717, 1.165) is 11.8 Å². The third-order valence-electron chi connectivity index (χ3n) is 9.37. The van der Waals surface area contributed by atoms with E-state index < -0.39 is 51.7 Å². The van der Waals surface area contributed by atoms with Gasteiger partial charge in [-0.15, -0.1) is 0 Å². The Labute approximate surface area is 320 Å². The molecule has 0 unspecified atom stereocenters. The Morgan fingerprint density at radius 1 is 1.15 bits per heavy atom. The first-order valence-corrected chi connectivity index (χ1v) is 19.8. The number of amides is 3. The van der Waals surface area contributed by atoms with Gasteiger partial charge >= 0.3 is 12.0 Å². The fourth-order valence-corrected chi connectivity index (χ4v) is 8.77. The number of hydrogen-bond acceptors (Lipinski definition) is 10. The predicted molar refractivity (Wildman–Crippen MR) is 202 cm³/mol. The molecule has 2 aliphatic rings. The Bertz CT molecular complexity index is 2110. The molecule has 53 heavy (non-hydrogen) atoms. The van der Waals surface area contributed by atoms with Gasteiger partial charge < -0.3 is 34.6 Å². The average molecular weight is 861 g/mol. The number of carboxylic acids is 1. The molecule has 0 spiro atoms. The number of nitrogens with one attached hydrogen (secondary N) is 3. The van der Waals surface area contributed by atoms with E-state index in [1.54, 1.807) is 19.2 Å². The van der Waals surface area contributed by atoms with Gasteiger partial charge in [0.1, 0.15) is 28.5 Å². The van der Waals surface area contributed by atoms with Crippen molar-refractivity contribution in [3.63, 3.8) is 0 Å². The fraction of sp³-hybridized carbons (Fsp3) is 0.417. The van der Waals surface area contributed by atoms with Crippen LogP contribution in [0.15, 0.2) is 70.2 Å². The van der Waals surface area contributed by atoms with Crippen molar-refractivity contribution in [2.24, 2.45) is 5.92 Å². The van der Waals surface area contributed by atoms with Crippen molar-refractivity contribution >= 4 is 61.4 Å². The van der Waals surface area contributed by atoms with Crippen LogP contribution >= 0.6 is 22.6 Å². The molecule has 2 fully saturated rings. The van der Waals surface area contributed by atoms with Crippen molar-refractivity contribution in [3.05, 3.63) is 66.6 Å². The number of sulfonamides is 1. The van der Waals surface area contributed by atoms with Gasteiger partial charge in [-0.2, -0.15) is 0 Å². The number of benzene rings is 2. The minimum atomic E-state index is -4.00. The summed E-state index contributed by atoms with van der Waals surface area (Å²) in [5.74, 6) is -0.482. The van der Waals surface area contributed by atoms with E-state index in [4.69, 9.17) is 19.0 Å². The number of hydrogen-bond donors (Lipinski definition) is 4. The molecule has 1 aliphatic carbocycles. The molecular weight excluding hydrogens is 819 g/mol. The first kappa shape index (κ1) is 38.2. The molecule has 2 aromatic carbocycles. The quantitative estimate of drug-likeness (QED) is 0.104. The number of nitrogens with zero attached hydrogens (tertiary/aromatic N) is 3. The Morgan fingerprint density at radius 2 is 1.89 bits per heavy atom. The van der Waals surface area contributed by atoms with Crippen LogP contribution in [-0.4, -0.2) is 94.3 Å². The summed E-state index contributed by atoms with van der Waals surface area (Å²) in [6, 6.07) is 14.4. The van der Waals surface area contributed by atoms with Crippen LogP contribution in [0.4, 0.5) is 4.79 Å². The first-order valence-electron chi connectivity index (χ1n) is 17.1. The summed E-state index contributed by atoms with van der Waals surface area (Å²) >= 11 is 1.99. The van der Waals surface area contributed by atoms with E-state index in [0.29, 0.717) is 34.5 Å². The molecule has 5 atom stereocenters. The summed E-state index contributed by atoms with van der Waals surface area (Å²) in [6.07, 6.45) is 1.16. The maximum Gasteiger partial charge on any atom is 0.330 e. The van der Waals surface area contributed by atoms with Gasteiger partial charge in [-0.25, -0.2) is 27.7 Å². The Balaban J connectivity index is 1.28. The largest absolute Gasteiger partial charge is 0.497 e. The Morgan fingerprint density at radius 3 is 2.51 bits per heavy atom. The molecule has 4 aromatic rings. The minimum absolute atomic E-state index is 0.0156. The molecule has 1 saturated carbocycles. The van der Waals surface area contributed by atoms with Crippen LogP contribution < -0.4 is 24.8 Å². The van der Waals surface area contributed by atoms with Crippen molar-refractivity contribution in [3.8, 4) is 22.8 Å². The summed E-state index contributed by atoms with van der Waals surface area (Å²) in [7, 11) is -2.43. The summed E-state index contributed by atoms with van der Waals surface area (Å²) in [5, 5.41) is 19.8. The molecule has 4 N–H and O–H groups in total. The van der Waals surface area contributed by atoms with Crippen molar-refractivity contribution in [1.29, 1.82) is 0 Å². The first-order chi connectivity index (χ1) is 25.2. The number of urea groups is 1. The number of carbonyl (C=O) groups is 3. The molecule has 3 heterocycles. The molecule has 17 heteroatoms. The van der Waals surface area contributed by atoms with Gasteiger partial charge in [0, 0.05) is 46.0 Å². The second-order valence-corrected chi connectivity index (χ2v) is 16.9. The van der Waals surface area contributed by atoms with E-state index in [2.05, 4.69) is 20.5 Å². The highest BCUT2D eigenvalue weighted by Gasteiger charge is 2.61. The molecule has 282 valence electrons. The average Bonchev–Trinajstić information content (AvgIpc) is 3.40. The molecule has 0 bridgehead atoms. The molecule has 1 saturated heterocycles. The highest BCUT2D eigenvalue weighted by Crippen LogP contribution is 2.44. The number of methoxy groups -OCH3 is 1. The number of pyridine rings is 1. The summed E-state index contributed by atoms with van der Waals surface area (Å²) < 4.78 is 45.2. The standard InChI is InChI=1S/C36H41IN6O9S/c1-20(2)12-23(17-39-53(48,49)31-18-38-52-21(31)3)40-35(47)43-19-25(14-29(43)33(44)42-36(34(45)46)16-32(36)37)51-30-15-27(22-8-6-5-7-9-22)41-28-13-24(50-4)10-11-26(28)30/h5-11,13,15,18,20,23,25,29,32,39H,12,14,16-17,19H2,1-4H3,(H,40,47)(H,42,44)(H,45,46)/t23-,25+,29-,32+,36+/m0/s1. The second-order valence-electron chi connectivity index (χ2n) is 13.7. The Kier molecular flexibility index (Phi) is 11.2. The van der Waals surface area contributed by atoms with Crippen molar-refractivity contribution in [1.82, 2.24) is 30.4 Å². The SMILES string of the molecule is COc1ccc2c(O[C@@H]3C[C@@H](C(=O)N[C@]4(C(=O)O)C[C@H]4I)N(C(=O)N[C@H](CNS(=O)(=O)c4cnoc4C)CC(C)C)C3)cc(-c3ccccc3)nc2c1. The number of carboxylic acid groups (broad SMARTS) is 1. The monoisotopic (exact) mass is 860 g/mol. The number of fused-ring (bicyclic) bond motifs is 1. The lowest BCUT2D eigenvalue weighted by Gasteiger charge is -2.28. The molecule has 2 aromatic heterocycles. The number of alkyl halides is 1. The summed E-state index contributed by atoms with van der Waals surface area (Å²) in [4.78, 5) is 46.2. The van der Waals surface area contributed by atoms with Crippen LogP contribution in [0.3, 0.4) is 0 Å². The lowest BCUT2D eigenvalue weighted by atomic mass is 10.0. The van der Waals surface area contributed by atoms with Crippen LogP contribution in [0, 0.1) is 12.8 Å². The number of carbonyl (C=O) groups excluding carboxylic acids is 2. The molecule has 15 nitrogen and oxygen atoms in total. The maximum absolute atomic E-state index is 14.1. The van der Waals surface area contributed by atoms with E-state index in [1.165, 1.54) is 11.8 Å². The molecule has 1 aliphatic heterocycles. The van der Waals surface area contributed by atoms with Crippen LogP contribution in [0.25, 0.3) is 22.2 Å². The van der Waals surface area contributed by atoms with Gasteiger partial charge in [0.2, 0.25) is 15.9 Å². The highest BCUT2D eigenvalue weighted by atomic mass is 127. The van der Waals surface area contributed by atoms with E-state index in [1.807, 2.05) is 78.9 Å². The van der Waals surface area contributed by atoms with Gasteiger partial charge in [0.15, 0.2) is 11.3 Å². The van der Waals surface area contributed by atoms with Crippen LogP contribution in [-0.2, 0) is 19.6 Å². The molecule has 6 rings (SSSR count). The van der Waals surface area contributed by atoms with E-state index in [9.17, 15) is 27.9 Å². The summed E-state index contributed by atoms with van der Waals surface area (Å²) in [5.41, 5.74) is 0.693. The minimum Gasteiger partial charge on any atom is -0.497 e. The number of aromatic nitrogens is 2. The van der Waals surface area contributed by atoms with Crippen molar-refractivity contribution in [2.75, 3.05) is 20.2 Å². The van der Waals surface area contributed by atoms with Crippen LogP contribution in [0.2, 0.25) is 0 Å². The zero-order valence-corrected chi connectivity index (χ0v) is 32.5. The number of aryl methyl sites for hydroxylation is 1. The lowest BCUT2D eigenvalue weighted by Crippen LogP contribution is -2.56. The van der Waals surface area contributed by atoms with Crippen LogP contribution in [0.5, 0.6) is 11.5 Å². The zero-order chi connectivity index (χ0) is 38.1. The molecule has 3 amide bonds. The normalized spacial score (nSPS) is 21.7. The van der Waals surface area contributed by atoms with Gasteiger partial charge in [-0.3, -0.25) is 4.79 Å². The third kappa shape index (κ3) is 8.36. The topological polar surface area (TPSA) is 202 Å². The van der Waals surface area contributed by atoms with Gasteiger partial charge in [-0.05, 0) is 37.8 Å². The summed E-state index contributed by atoms with van der Waals surface area (Å²) in [6.45, 7) is 5.20.